The van der Waals surface area contributed by atoms with Crippen molar-refractivity contribution in [3.05, 3.63) is 18.5 Å². The number of aromatic nitrogens is 1. The minimum atomic E-state index is 0.336. The molecular formula is C14H20N4O. The molecule has 1 saturated carbocycles. The number of carbonyl (C=O) groups is 1. The van der Waals surface area contributed by atoms with Gasteiger partial charge in [0.1, 0.15) is 0 Å². The molecule has 2 heterocycles. The van der Waals surface area contributed by atoms with Crippen LogP contribution in [0.5, 0.6) is 0 Å². The van der Waals surface area contributed by atoms with E-state index in [9.17, 15) is 4.79 Å². The van der Waals surface area contributed by atoms with E-state index >= 15 is 0 Å². The van der Waals surface area contributed by atoms with Gasteiger partial charge in [0.2, 0.25) is 5.91 Å². The van der Waals surface area contributed by atoms with Crippen LogP contribution in [0, 0.1) is 11.8 Å². The van der Waals surface area contributed by atoms with E-state index in [0.29, 0.717) is 23.4 Å². The smallest absolute Gasteiger partial charge is 0.225 e. The Kier molecular flexibility index (Phi) is 3.27. The highest BCUT2D eigenvalue weighted by Gasteiger charge is 2.36. The van der Waals surface area contributed by atoms with Crippen LogP contribution in [0.1, 0.15) is 19.3 Å². The van der Waals surface area contributed by atoms with Gasteiger partial charge in [-0.1, -0.05) is 0 Å². The fourth-order valence-electron chi connectivity index (χ4n) is 2.61. The van der Waals surface area contributed by atoms with Crippen molar-refractivity contribution in [2.24, 2.45) is 11.8 Å². The second-order valence-corrected chi connectivity index (χ2v) is 5.56. The Hall–Kier alpha value is -1.78. The molecular weight excluding hydrogens is 240 g/mol. The largest absolute Gasteiger partial charge is 0.396 e. The summed E-state index contributed by atoms with van der Waals surface area (Å²) in [4.78, 5) is 18.0. The summed E-state index contributed by atoms with van der Waals surface area (Å²) in [6.45, 7) is 2.66. The first-order valence-corrected chi connectivity index (χ1v) is 6.96. The number of nitrogens with one attached hydrogen (secondary N) is 1. The summed E-state index contributed by atoms with van der Waals surface area (Å²) >= 11 is 0. The second kappa shape index (κ2) is 5.07. The van der Waals surface area contributed by atoms with Crippen LogP contribution in [-0.4, -0.2) is 35.4 Å². The zero-order chi connectivity index (χ0) is 13.2. The number of rotatable bonds is 4. The molecule has 0 unspecified atom stereocenters. The van der Waals surface area contributed by atoms with Crippen LogP contribution < -0.4 is 11.1 Å². The molecule has 1 aliphatic carbocycles. The van der Waals surface area contributed by atoms with E-state index in [4.69, 9.17) is 5.73 Å². The van der Waals surface area contributed by atoms with E-state index < -0.39 is 0 Å². The van der Waals surface area contributed by atoms with Crippen molar-refractivity contribution in [2.45, 2.75) is 19.3 Å². The maximum atomic E-state index is 12.0. The SMILES string of the molecule is Nc1cnccc1NC[C@@H]1CCN(C(=O)C2CC2)C1. The molecule has 1 aliphatic heterocycles. The summed E-state index contributed by atoms with van der Waals surface area (Å²) in [5, 5.41) is 3.36. The Balaban J connectivity index is 1.49. The van der Waals surface area contributed by atoms with Crippen molar-refractivity contribution in [2.75, 3.05) is 30.7 Å². The lowest BCUT2D eigenvalue weighted by Crippen LogP contribution is -2.30. The van der Waals surface area contributed by atoms with E-state index in [2.05, 4.69) is 10.3 Å². The van der Waals surface area contributed by atoms with Crippen molar-refractivity contribution in [3.8, 4) is 0 Å². The lowest BCUT2D eigenvalue weighted by Gasteiger charge is -2.17. The van der Waals surface area contributed by atoms with Gasteiger partial charge < -0.3 is 16.0 Å². The highest BCUT2D eigenvalue weighted by atomic mass is 16.2. The van der Waals surface area contributed by atoms with Crippen molar-refractivity contribution in [1.29, 1.82) is 0 Å². The molecule has 1 amide bonds. The molecule has 5 heteroatoms. The Labute approximate surface area is 113 Å². The molecule has 0 radical (unpaired) electrons. The number of hydrogen-bond acceptors (Lipinski definition) is 4. The molecule has 0 spiro atoms. The normalized spacial score (nSPS) is 22.5. The zero-order valence-electron chi connectivity index (χ0n) is 11.0. The minimum Gasteiger partial charge on any atom is -0.396 e. The van der Waals surface area contributed by atoms with Crippen LogP contribution in [-0.2, 0) is 4.79 Å². The standard InChI is InChI=1S/C14H20N4O/c15-12-8-16-5-3-13(12)17-7-10-4-6-18(9-10)14(19)11-1-2-11/h3,5,8,10-11H,1-2,4,6-7,9,15H2,(H,16,17)/t10-/m0/s1. The molecule has 102 valence electrons. The van der Waals surface area contributed by atoms with Crippen LogP contribution in [0.15, 0.2) is 18.5 Å². The second-order valence-electron chi connectivity index (χ2n) is 5.56. The number of anilines is 2. The summed E-state index contributed by atoms with van der Waals surface area (Å²) in [5.41, 5.74) is 7.44. The third-order valence-electron chi connectivity index (χ3n) is 3.96. The first kappa shape index (κ1) is 12.3. The van der Waals surface area contributed by atoms with Crippen LogP contribution in [0.3, 0.4) is 0 Å². The van der Waals surface area contributed by atoms with Crippen molar-refractivity contribution in [1.82, 2.24) is 9.88 Å². The van der Waals surface area contributed by atoms with Crippen molar-refractivity contribution >= 4 is 17.3 Å². The molecule has 0 aromatic carbocycles. The van der Waals surface area contributed by atoms with Gasteiger partial charge in [0.25, 0.3) is 0 Å². The number of nitrogens with zero attached hydrogens (tertiary/aromatic N) is 2. The number of hydrogen-bond donors (Lipinski definition) is 2. The maximum Gasteiger partial charge on any atom is 0.225 e. The number of nitrogen functional groups attached to an aromatic ring is 1. The Morgan fingerprint density at radius 2 is 2.32 bits per heavy atom. The van der Waals surface area contributed by atoms with Crippen LogP contribution in [0.25, 0.3) is 0 Å². The van der Waals surface area contributed by atoms with Gasteiger partial charge in [-0.05, 0) is 31.2 Å². The van der Waals surface area contributed by atoms with Crippen molar-refractivity contribution in [3.63, 3.8) is 0 Å². The fraction of sp³-hybridized carbons (Fsp3) is 0.571. The Bertz CT molecular complexity index is 472. The molecule has 2 fully saturated rings. The molecule has 3 N–H and O–H groups in total. The minimum absolute atomic E-state index is 0.336. The summed E-state index contributed by atoms with van der Waals surface area (Å²) in [5.74, 6) is 1.23. The van der Waals surface area contributed by atoms with Gasteiger partial charge in [-0.25, -0.2) is 0 Å². The molecule has 19 heavy (non-hydrogen) atoms. The van der Waals surface area contributed by atoms with Crippen LogP contribution in [0.4, 0.5) is 11.4 Å². The quantitative estimate of drug-likeness (QED) is 0.857. The molecule has 5 nitrogen and oxygen atoms in total. The lowest BCUT2D eigenvalue weighted by molar-refractivity contribution is -0.131. The van der Waals surface area contributed by atoms with Gasteiger partial charge >= 0.3 is 0 Å². The van der Waals surface area contributed by atoms with Gasteiger partial charge in [-0.3, -0.25) is 9.78 Å². The van der Waals surface area contributed by atoms with E-state index in [1.807, 2.05) is 11.0 Å². The summed E-state index contributed by atoms with van der Waals surface area (Å²) in [6, 6.07) is 1.89. The average molecular weight is 260 g/mol. The predicted octanol–water partition coefficient (Wildman–Crippen LogP) is 1.33. The molecule has 1 atom stereocenters. The fourth-order valence-corrected chi connectivity index (χ4v) is 2.61. The summed E-state index contributed by atoms with van der Waals surface area (Å²) in [6.07, 6.45) is 6.64. The van der Waals surface area contributed by atoms with Gasteiger partial charge in [-0.15, -0.1) is 0 Å². The van der Waals surface area contributed by atoms with Gasteiger partial charge in [0.15, 0.2) is 0 Å². The molecule has 3 rings (SSSR count). The number of pyridine rings is 1. The van der Waals surface area contributed by atoms with Crippen LogP contribution in [0.2, 0.25) is 0 Å². The first-order chi connectivity index (χ1) is 9.24. The van der Waals surface area contributed by atoms with E-state index in [1.165, 1.54) is 0 Å². The Morgan fingerprint density at radius 3 is 3.05 bits per heavy atom. The highest BCUT2D eigenvalue weighted by molar-refractivity contribution is 5.81. The zero-order valence-corrected chi connectivity index (χ0v) is 11.0. The van der Waals surface area contributed by atoms with Gasteiger partial charge in [0.05, 0.1) is 17.6 Å². The van der Waals surface area contributed by atoms with Crippen LogP contribution >= 0.6 is 0 Å². The number of amides is 1. The number of likely N-dealkylation sites (tertiary alicyclic amines) is 1. The number of nitrogens with two attached hydrogens (primary N) is 1. The van der Waals surface area contributed by atoms with Gasteiger partial charge in [-0.2, -0.15) is 0 Å². The highest BCUT2D eigenvalue weighted by Crippen LogP contribution is 2.33. The number of carbonyl (C=O) groups excluding carboxylic acids is 1. The predicted molar refractivity (Wildman–Crippen MR) is 74.6 cm³/mol. The molecule has 1 aromatic heterocycles. The maximum absolute atomic E-state index is 12.0. The van der Waals surface area contributed by atoms with Gasteiger partial charge in [0, 0.05) is 31.7 Å². The summed E-state index contributed by atoms with van der Waals surface area (Å²) < 4.78 is 0. The third-order valence-corrected chi connectivity index (χ3v) is 3.96. The molecule has 1 aromatic rings. The van der Waals surface area contributed by atoms with E-state index in [0.717, 1.165) is 44.6 Å². The molecule has 0 bridgehead atoms. The van der Waals surface area contributed by atoms with E-state index in [1.54, 1.807) is 12.4 Å². The first-order valence-electron chi connectivity index (χ1n) is 6.96. The average Bonchev–Trinajstić information content (AvgIpc) is 3.16. The summed E-state index contributed by atoms with van der Waals surface area (Å²) in [7, 11) is 0. The molecule has 1 saturated heterocycles. The monoisotopic (exact) mass is 260 g/mol. The molecule has 2 aliphatic rings. The lowest BCUT2D eigenvalue weighted by atomic mass is 10.1. The topological polar surface area (TPSA) is 71.2 Å². The van der Waals surface area contributed by atoms with Crippen molar-refractivity contribution < 1.29 is 4.79 Å². The van der Waals surface area contributed by atoms with E-state index in [-0.39, 0.29) is 0 Å². The Morgan fingerprint density at radius 1 is 1.47 bits per heavy atom. The third kappa shape index (κ3) is 2.80.